The van der Waals surface area contributed by atoms with E-state index in [4.69, 9.17) is 4.74 Å². The van der Waals surface area contributed by atoms with Crippen LogP contribution in [-0.4, -0.2) is 44.4 Å². The number of likely N-dealkylation sites (tertiary alicyclic amines) is 1. The number of fused-ring (bicyclic) bond motifs is 1. The summed E-state index contributed by atoms with van der Waals surface area (Å²) in [4.78, 5) is 27.2. The molecule has 2 aromatic rings. The standard InChI is InChI=1S/C22H26N2O5S2/c1-29-22(26)19-14-16-5-2-3-6-18(16)24(19)20(25)13-15-8-10-17(11-9-15)23-31(27,28)21-7-4-12-30-21/h4,7-12,16,18-19,23H,2-3,5-6,13-14H2,1H3. The summed E-state index contributed by atoms with van der Waals surface area (Å²) < 4.78 is 32.5. The second-order valence-corrected chi connectivity index (χ2v) is 11.0. The van der Waals surface area contributed by atoms with Gasteiger partial charge in [0.15, 0.2) is 0 Å². The lowest BCUT2D eigenvalue weighted by Crippen LogP contribution is -2.47. The van der Waals surface area contributed by atoms with E-state index in [9.17, 15) is 18.0 Å². The topological polar surface area (TPSA) is 92.8 Å². The molecule has 31 heavy (non-hydrogen) atoms. The van der Waals surface area contributed by atoms with Crippen molar-refractivity contribution >= 4 is 38.9 Å². The van der Waals surface area contributed by atoms with Gasteiger partial charge in [-0.15, -0.1) is 11.3 Å². The molecule has 1 N–H and O–H groups in total. The third-order valence-corrected chi connectivity index (χ3v) is 8.95. The number of sulfonamides is 1. The van der Waals surface area contributed by atoms with Crippen LogP contribution in [0.5, 0.6) is 0 Å². The van der Waals surface area contributed by atoms with Gasteiger partial charge in [0.25, 0.3) is 10.0 Å². The number of thiophene rings is 1. The van der Waals surface area contributed by atoms with Crippen LogP contribution in [0.4, 0.5) is 5.69 Å². The highest BCUT2D eigenvalue weighted by molar-refractivity contribution is 7.94. The molecule has 0 bridgehead atoms. The predicted octanol–water partition coefficient (Wildman–Crippen LogP) is 3.42. The number of methoxy groups -OCH3 is 1. The number of rotatable bonds is 6. The second-order valence-electron chi connectivity index (χ2n) is 8.10. The number of esters is 1. The Balaban J connectivity index is 1.45. The maximum Gasteiger partial charge on any atom is 0.328 e. The number of nitrogens with one attached hydrogen (secondary N) is 1. The van der Waals surface area contributed by atoms with Gasteiger partial charge in [0.1, 0.15) is 10.3 Å². The number of carbonyl (C=O) groups excluding carboxylic acids is 2. The molecule has 166 valence electrons. The zero-order chi connectivity index (χ0) is 22.0. The van der Waals surface area contributed by atoms with Crippen molar-refractivity contribution in [2.75, 3.05) is 11.8 Å². The zero-order valence-electron chi connectivity index (χ0n) is 17.3. The molecular weight excluding hydrogens is 436 g/mol. The molecule has 1 aromatic carbocycles. The average molecular weight is 463 g/mol. The minimum Gasteiger partial charge on any atom is -0.467 e. The monoisotopic (exact) mass is 462 g/mol. The van der Waals surface area contributed by atoms with Gasteiger partial charge in [0, 0.05) is 11.7 Å². The lowest BCUT2D eigenvalue weighted by atomic mass is 9.84. The molecule has 0 spiro atoms. The van der Waals surface area contributed by atoms with Gasteiger partial charge in [-0.2, -0.15) is 0 Å². The Bertz CT molecular complexity index is 1030. The van der Waals surface area contributed by atoms with E-state index in [1.807, 2.05) is 0 Å². The lowest BCUT2D eigenvalue weighted by Gasteiger charge is -2.33. The van der Waals surface area contributed by atoms with Crippen LogP contribution in [0, 0.1) is 5.92 Å². The summed E-state index contributed by atoms with van der Waals surface area (Å²) in [7, 11) is -2.25. The van der Waals surface area contributed by atoms with Crippen LogP contribution in [0.15, 0.2) is 46.0 Å². The average Bonchev–Trinajstić information content (AvgIpc) is 3.43. The van der Waals surface area contributed by atoms with E-state index < -0.39 is 16.1 Å². The first-order valence-corrected chi connectivity index (χ1v) is 12.8. The molecule has 3 unspecified atom stereocenters. The first kappa shape index (κ1) is 21.8. The Hall–Kier alpha value is -2.39. The summed E-state index contributed by atoms with van der Waals surface area (Å²) >= 11 is 1.15. The number of amides is 1. The number of benzene rings is 1. The van der Waals surface area contributed by atoms with E-state index in [0.717, 1.165) is 42.6 Å². The van der Waals surface area contributed by atoms with Crippen LogP contribution in [0.2, 0.25) is 0 Å². The van der Waals surface area contributed by atoms with Crippen LogP contribution in [0.25, 0.3) is 0 Å². The molecule has 2 aliphatic rings. The summed E-state index contributed by atoms with van der Waals surface area (Å²) in [6.45, 7) is 0. The normalized spacial score (nSPS) is 23.3. The largest absolute Gasteiger partial charge is 0.467 e. The quantitative estimate of drug-likeness (QED) is 0.664. The molecule has 1 saturated carbocycles. The number of ether oxygens (including phenoxy) is 1. The van der Waals surface area contributed by atoms with E-state index in [-0.39, 0.29) is 28.5 Å². The third-order valence-electron chi connectivity index (χ3n) is 6.17. The molecule has 1 saturated heterocycles. The van der Waals surface area contributed by atoms with Crippen LogP contribution < -0.4 is 4.72 Å². The third kappa shape index (κ3) is 4.62. The van der Waals surface area contributed by atoms with E-state index >= 15 is 0 Å². The predicted molar refractivity (Wildman–Crippen MR) is 118 cm³/mol. The van der Waals surface area contributed by atoms with Gasteiger partial charge in [-0.3, -0.25) is 9.52 Å². The van der Waals surface area contributed by atoms with E-state index in [0.29, 0.717) is 18.0 Å². The highest BCUT2D eigenvalue weighted by Gasteiger charge is 2.47. The van der Waals surface area contributed by atoms with Crippen molar-refractivity contribution in [3.63, 3.8) is 0 Å². The molecule has 3 atom stereocenters. The Morgan fingerprint density at radius 1 is 1.16 bits per heavy atom. The van der Waals surface area contributed by atoms with Crippen molar-refractivity contribution < 1.29 is 22.7 Å². The molecule has 1 aliphatic heterocycles. The van der Waals surface area contributed by atoms with E-state index in [1.54, 1.807) is 46.7 Å². The van der Waals surface area contributed by atoms with Gasteiger partial charge in [-0.25, -0.2) is 13.2 Å². The summed E-state index contributed by atoms with van der Waals surface area (Å²) in [5.74, 6) is -0.0753. The van der Waals surface area contributed by atoms with Gasteiger partial charge in [0.05, 0.1) is 13.5 Å². The van der Waals surface area contributed by atoms with E-state index in [1.165, 1.54) is 7.11 Å². The molecular formula is C22H26N2O5S2. The molecule has 2 fully saturated rings. The van der Waals surface area contributed by atoms with Gasteiger partial charge in [0.2, 0.25) is 5.91 Å². The Morgan fingerprint density at radius 2 is 1.90 bits per heavy atom. The Morgan fingerprint density at radius 3 is 2.58 bits per heavy atom. The number of carbonyl (C=O) groups is 2. The van der Waals surface area contributed by atoms with Crippen molar-refractivity contribution in [2.45, 2.75) is 54.8 Å². The number of nitrogens with zero attached hydrogens (tertiary/aromatic N) is 1. The fraction of sp³-hybridized carbons (Fsp3) is 0.455. The number of hydrogen-bond acceptors (Lipinski definition) is 6. The second kappa shape index (κ2) is 9.00. The van der Waals surface area contributed by atoms with Crippen LogP contribution >= 0.6 is 11.3 Å². The van der Waals surface area contributed by atoms with Gasteiger partial charge < -0.3 is 9.64 Å². The summed E-state index contributed by atoms with van der Waals surface area (Å²) in [5.41, 5.74) is 1.21. The molecule has 1 amide bonds. The van der Waals surface area contributed by atoms with Crippen LogP contribution in [0.3, 0.4) is 0 Å². The maximum absolute atomic E-state index is 13.2. The molecule has 0 radical (unpaired) electrons. The molecule has 1 aliphatic carbocycles. The van der Waals surface area contributed by atoms with Crippen molar-refractivity contribution in [2.24, 2.45) is 5.92 Å². The lowest BCUT2D eigenvalue weighted by molar-refractivity contribution is -0.152. The first-order valence-electron chi connectivity index (χ1n) is 10.4. The molecule has 7 nitrogen and oxygen atoms in total. The molecule has 1 aromatic heterocycles. The Kier molecular flexibility index (Phi) is 6.34. The minimum absolute atomic E-state index is 0.0864. The SMILES string of the molecule is COC(=O)C1CC2CCCCC2N1C(=O)Cc1ccc(NS(=O)(=O)c2cccs2)cc1. The fourth-order valence-electron chi connectivity index (χ4n) is 4.74. The van der Waals surface area contributed by atoms with Crippen LogP contribution in [-0.2, 0) is 30.8 Å². The van der Waals surface area contributed by atoms with Gasteiger partial charge >= 0.3 is 5.97 Å². The number of hydrogen-bond donors (Lipinski definition) is 1. The molecule has 2 heterocycles. The smallest absolute Gasteiger partial charge is 0.328 e. The number of anilines is 1. The Labute approximate surface area is 186 Å². The van der Waals surface area contributed by atoms with Gasteiger partial charge in [-0.05, 0) is 54.3 Å². The highest BCUT2D eigenvalue weighted by Crippen LogP contribution is 2.40. The highest BCUT2D eigenvalue weighted by atomic mass is 32.2. The fourth-order valence-corrected chi connectivity index (χ4v) is 6.80. The minimum atomic E-state index is -3.61. The molecule has 4 rings (SSSR count). The van der Waals surface area contributed by atoms with E-state index in [2.05, 4.69) is 4.72 Å². The van der Waals surface area contributed by atoms with Crippen molar-refractivity contribution in [3.05, 3.63) is 47.3 Å². The zero-order valence-corrected chi connectivity index (χ0v) is 19.0. The molecule has 9 heteroatoms. The van der Waals surface area contributed by atoms with Gasteiger partial charge in [-0.1, -0.05) is 31.0 Å². The van der Waals surface area contributed by atoms with Crippen LogP contribution in [0.1, 0.15) is 37.7 Å². The first-order chi connectivity index (χ1) is 14.9. The maximum atomic E-state index is 13.2. The summed E-state index contributed by atoms with van der Waals surface area (Å²) in [5, 5.41) is 1.71. The van der Waals surface area contributed by atoms with Crippen molar-refractivity contribution in [1.82, 2.24) is 4.90 Å². The van der Waals surface area contributed by atoms with Crippen molar-refractivity contribution in [1.29, 1.82) is 0 Å². The summed E-state index contributed by atoms with van der Waals surface area (Å²) in [6.07, 6.45) is 5.01. The van der Waals surface area contributed by atoms with Crippen molar-refractivity contribution in [3.8, 4) is 0 Å². The summed E-state index contributed by atoms with van der Waals surface area (Å²) in [6, 6.07) is 9.61.